The fourth-order valence-corrected chi connectivity index (χ4v) is 5.36. The lowest BCUT2D eigenvalue weighted by atomic mass is 9.84. The van der Waals surface area contributed by atoms with Crippen molar-refractivity contribution in [2.24, 2.45) is 11.0 Å². The van der Waals surface area contributed by atoms with E-state index in [0.717, 1.165) is 88.3 Å². The molecule has 4 heterocycles. The molecule has 1 aromatic carbocycles. The van der Waals surface area contributed by atoms with E-state index in [4.69, 9.17) is 9.84 Å². The van der Waals surface area contributed by atoms with E-state index in [1.165, 1.54) is 11.4 Å². The van der Waals surface area contributed by atoms with Crippen LogP contribution in [0.1, 0.15) is 36.8 Å². The lowest BCUT2D eigenvalue weighted by molar-refractivity contribution is -0.119. The standard InChI is InChI=1S/C25H32N4O3/c30-17-19-3-1-4-21(15-19)22-16-25(28-11-13-32-14-12-28)24-6-2-5-23(29(24)26-22)20-7-9-27(18-31)10-8-20/h1,3-4,6,15-16,18,20,23,30H,2,5,7-14,17H2. The first-order valence-corrected chi connectivity index (χ1v) is 11.8. The van der Waals surface area contributed by atoms with Crippen LogP contribution in [0.5, 0.6) is 0 Å². The summed E-state index contributed by atoms with van der Waals surface area (Å²) in [6.45, 7) is 4.92. The lowest BCUT2D eigenvalue weighted by Gasteiger charge is -2.46. The maximum Gasteiger partial charge on any atom is 0.209 e. The van der Waals surface area contributed by atoms with Crippen LogP contribution in [-0.4, -0.2) is 77.5 Å². The number of aliphatic hydroxyl groups excluding tert-OH is 1. The van der Waals surface area contributed by atoms with Crippen molar-refractivity contribution in [3.05, 3.63) is 58.9 Å². The highest BCUT2D eigenvalue weighted by molar-refractivity contribution is 6.10. The first-order valence-electron chi connectivity index (χ1n) is 11.8. The topological polar surface area (TPSA) is 68.6 Å². The van der Waals surface area contributed by atoms with E-state index in [-0.39, 0.29) is 6.61 Å². The van der Waals surface area contributed by atoms with Gasteiger partial charge in [0, 0.05) is 31.7 Å². The molecule has 4 aliphatic heterocycles. The molecule has 170 valence electrons. The van der Waals surface area contributed by atoms with Gasteiger partial charge in [0.1, 0.15) is 0 Å². The molecule has 0 spiro atoms. The molecule has 5 rings (SSSR count). The van der Waals surface area contributed by atoms with Crippen LogP contribution in [-0.2, 0) is 16.1 Å². The highest BCUT2D eigenvalue weighted by Gasteiger charge is 2.37. The first-order chi connectivity index (χ1) is 15.8. The number of allylic oxidation sites excluding steroid dienone is 2. The third kappa shape index (κ3) is 4.19. The third-order valence-electron chi connectivity index (χ3n) is 7.14. The zero-order chi connectivity index (χ0) is 21.9. The zero-order valence-corrected chi connectivity index (χ0v) is 18.5. The summed E-state index contributed by atoms with van der Waals surface area (Å²) >= 11 is 0. The molecule has 1 N–H and O–H groups in total. The first kappa shape index (κ1) is 21.2. The molecule has 2 fully saturated rings. The van der Waals surface area contributed by atoms with Gasteiger partial charge in [-0.1, -0.05) is 24.3 Å². The monoisotopic (exact) mass is 436 g/mol. The number of fused-ring (bicyclic) bond motifs is 1. The molecule has 7 nitrogen and oxygen atoms in total. The summed E-state index contributed by atoms with van der Waals surface area (Å²) in [4.78, 5) is 15.5. The van der Waals surface area contributed by atoms with Gasteiger partial charge in [-0.2, -0.15) is 5.10 Å². The van der Waals surface area contributed by atoms with Gasteiger partial charge in [-0.15, -0.1) is 0 Å². The summed E-state index contributed by atoms with van der Waals surface area (Å²) in [6, 6.07) is 8.36. The molecule has 1 amide bonds. The number of carbonyl (C=O) groups excluding carboxylic acids is 1. The highest BCUT2D eigenvalue weighted by atomic mass is 16.5. The van der Waals surface area contributed by atoms with Crippen molar-refractivity contribution in [1.29, 1.82) is 0 Å². The van der Waals surface area contributed by atoms with Crippen molar-refractivity contribution in [2.45, 2.75) is 38.3 Å². The number of aliphatic hydroxyl groups is 1. The van der Waals surface area contributed by atoms with Crippen LogP contribution >= 0.6 is 0 Å². The maximum absolute atomic E-state index is 11.2. The molecule has 4 aliphatic rings. The van der Waals surface area contributed by atoms with Crippen LogP contribution in [0.2, 0.25) is 0 Å². The predicted octanol–water partition coefficient (Wildman–Crippen LogP) is 2.33. The molecule has 0 radical (unpaired) electrons. The number of nitrogens with zero attached hydrogens (tertiary/aromatic N) is 4. The number of benzene rings is 1. The maximum atomic E-state index is 11.2. The summed E-state index contributed by atoms with van der Waals surface area (Å²) in [7, 11) is 0. The molecule has 0 aromatic heterocycles. The SMILES string of the molecule is O=CN1CCC(C2CCC=C3C(N4CCOCC4)=CC(c4cccc(CO)c4)=NN32)CC1. The average molecular weight is 437 g/mol. The number of hydrogen-bond donors (Lipinski definition) is 1. The van der Waals surface area contributed by atoms with Gasteiger partial charge in [-0.25, -0.2) is 0 Å². The number of hydrazone groups is 1. The molecule has 0 bridgehead atoms. The van der Waals surface area contributed by atoms with Gasteiger partial charge in [-0.3, -0.25) is 9.80 Å². The Morgan fingerprint density at radius 1 is 1.09 bits per heavy atom. The average Bonchev–Trinajstić information content (AvgIpc) is 2.88. The van der Waals surface area contributed by atoms with Crippen LogP contribution < -0.4 is 0 Å². The fraction of sp³-hybridized carbons (Fsp3) is 0.520. The number of rotatable bonds is 5. The van der Waals surface area contributed by atoms with Gasteiger partial charge in [0.15, 0.2) is 0 Å². The van der Waals surface area contributed by atoms with Gasteiger partial charge in [0.25, 0.3) is 0 Å². The number of hydrogen-bond acceptors (Lipinski definition) is 6. The second-order valence-corrected chi connectivity index (χ2v) is 9.03. The van der Waals surface area contributed by atoms with Crippen molar-refractivity contribution in [2.75, 3.05) is 39.4 Å². The Morgan fingerprint density at radius 2 is 1.91 bits per heavy atom. The molecular weight excluding hydrogens is 404 g/mol. The fourth-order valence-electron chi connectivity index (χ4n) is 5.36. The minimum Gasteiger partial charge on any atom is -0.392 e. The number of morpholine rings is 1. The molecule has 7 heteroatoms. The predicted molar refractivity (Wildman–Crippen MR) is 123 cm³/mol. The summed E-state index contributed by atoms with van der Waals surface area (Å²) in [5.41, 5.74) is 5.30. The number of carbonyl (C=O) groups is 1. The van der Waals surface area contributed by atoms with Crippen molar-refractivity contribution in [1.82, 2.24) is 14.8 Å². The molecule has 1 unspecified atom stereocenters. The largest absolute Gasteiger partial charge is 0.392 e. The molecule has 1 aromatic rings. The van der Waals surface area contributed by atoms with Crippen molar-refractivity contribution in [3.8, 4) is 0 Å². The van der Waals surface area contributed by atoms with E-state index >= 15 is 0 Å². The zero-order valence-electron chi connectivity index (χ0n) is 18.5. The van der Waals surface area contributed by atoms with Crippen LogP contribution in [0.3, 0.4) is 0 Å². The second-order valence-electron chi connectivity index (χ2n) is 9.03. The minimum absolute atomic E-state index is 0.0218. The van der Waals surface area contributed by atoms with E-state index < -0.39 is 0 Å². The van der Waals surface area contributed by atoms with Gasteiger partial charge in [-0.05, 0) is 49.3 Å². The molecule has 0 saturated carbocycles. The molecule has 2 saturated heterocycles. The Hall–Kier alpha value is -2.64. The Morgan fingerprint density at radius 3 is 2.66 bits per heavy atom. The van der Waals surface area contributed by atoms with Gasteiger partial charge >= 0.3 is 0 Å². The summed E-state index contributed by atoms with van der Waals surface area (Å²) < 4.78 is 5.61. The number of amides is 1. The van der Waals surface area contributed by atoms with Crippen LogP contribution in [0.4, 0.5) is 0 Å². The Labute approximate surface area is 189 Å². The molecule has 1 atom stereocenters. The third-order valence-corrected chi connectivity index (χ3v) is 7.14. The van der Waals surface area contributed by atoms with Crippen LogP contribution in [0.25, 0.3) is 0 Å². The van der Waals surface area contributed by atoms with Crippen molar-refractivity contribution < 1.29 is 14.6 Å². The Bertz CT molecular complexity index is 927. The number of piperidine rings is 1. The quantitative estimate of drug-likeness (QED) is 0.718. The van der Waals surface area contributed by atoms with Gasteiger partial charge in [0.05, 0.1) is 43.0 Å². The minimum atomic E-state index is 0.0218. The van der Waals surface area contributed by atoms with E-state index in [1.54, 1.807) is 0 Å². The van der Waals surface area contributed by atoms with E-state index in [0.29, 0.717) is 12.0 Å². The normalized spacial score (nSPS) is 24.5. The second kappa shape index (κ2) is 9.46. The van der Waals surface area contributed by atoms with Crippen molar-refractivity contribution >= 4 is 12.1 Å². The molecular formula is C25H32N4O3. The molecule has 0 aliphatic carbocycles. The van der Waals surface area contributed by atoms with E-state index in [2.05, 4.69) is 28.1 Å². The summed E-state index contributed by atoms with van der Waals surface area (Å²) in [6.07, 6.45) is 9.70. The highest BCUT2D eigenvalue weighted by Crippen LogP contribution is 2.38. The number of likely N-dealkylation sites (tertiary alicyclic amines) is 1. The van der Waals surface area contributed by atoms with Gasteiger partial charge < -0.3 is 19.6 Å². The number of ether oxygens (including phenoxy) is 1. The Kier molecular flexibility index (Phi) is 6.28. The van der Waals surface area contributed by atoms with Gasteiger partial charge in [0.2, 0.25) is 6.41 Å². The van der Waals surface area contributed by atoms with E-state index in [9.17, 15) is 9.90 Å². The van der Waals surface area contributed by atoms with Crippen LogP contribution in [0.15, 0.2) is 52.9 Å². The molecule has 32 heavy (non-hydrogen) atoms. The summed E-state index contributed by atoms with van der Waals surface area (Å²) in [5.74, 6) is 0.521. The smallest absolute Gasteiger partial charge is 0.209 e. The summed E-state index contributed by atoms with van der Waals surface area (Å²) in [5, 5.41) is 17.1. The van der Waals surface area contributed by atoms with Crippen LogP contribution in [0, 0.1) is 5.92 Å². The Balaban J connectivity index is 1.50. The lowest BCUT2D eigenvalue weighted by Crippen LogP contribution is -2.48. The van der Waals surface area contributed by atoms with E-state index in [1.807, 2.05) is 23.1 Å². The van der Waals surface area contributed by atoms with Crippen molar-refractivity contribution in [3.63, 3.8) is 0 Å².